The number of benzene rings is 1. The molecule has 0 aliphatic rings. The Morgan fingerprint density at radius 3 is 2.56 bits per heavy atom. The lowest BCUT2D eigenvalue weighted by atomic mass is 10.0. The zero-order chi connectivity index (χ0) is 12.1. The second-order valence-corrected chi connectivity index (χ2v) is 4.50. The fraction of sp³-hybridized carbons (Fsp3) is 0.385. The summed E-state index contributed by atoms with van der Waals surface area (Å²) in [5.41, 5.74) is 1.11. The Hall–Kier alpha value is -0.680. The Balaban J connectivity index is 2.87. The summed E-state index contributed by atoms with van der Waals surface area (Å²) >= 11 is 11.9. The second-order valence-electron chi connectivity index (χ2n) is 3.69. The van der Waals surface area contributed by atoms with Crippen molar-refractivity contribution in [3.8, 4) is 12.3 Å². The Morgan fingerprint density at radius 1 is 1.38 bits per heavy atom. The summed E-state index contributed by atoms with van der Waals surface area (Å²) < 4.78 is 0. The van der Waals surface area contributed by atoms with Crippen molar-refractivity contribution in [2.75, 3.05) is 0 Å². The van der Waals surface area contributed by atoms with Gasteiger partial charge in [0.25, 0.3) is 0 Å². The summed E-state index contributed by atoms with van der Waals surface area (Å²) in [6.45, 7) is 4.06. The molecule has 0 aliphatic carbocycles. The summed E-state index contributed by atoms with van der Waals surface area (Å²) in [7, 11) is 0. The van der Waals surface area contributed by atoms with Crippen LogP contribution < -0.4 is 5.32 Å². The fourth-order valence-electron chi connectivity index (χ4n) is 1.53. The topological polar surface area (TPSA) is 12.0 Å². The van der Waals surface area contributed by atoms with Gasteiger partial charge in [0.05, 0.1) is 16.1 Å². The molecular weight excluding hydrogens is 241 g/mol. The summed E-state index contributed by atoms with van der Waals surface area (Å²) in [4.78, 5) is 0. The molecule has 0 saturated carbocycles. The van der Waals surface area contributed by atoms with Gasteiger partial charge in [-0.1, -0.05) is 42.1 Å². The fourth-order valence-corrected chi connectivity index (χ4v) is 1.84. The van der Waals surface area contributed by atoms with Crippen LogP contribution in [0.15, 0.2) is 18.2 Å². The SMILES string of the molecule is C#CC(C)NC(CC)c1ccc(Cl)c(Cl)c1. The predicted molar refractivity (Wildman–Crippen MR) is 70.9 cm³/mol. The molecule has 2 unspecified atom stereocenters. The van der Waals surface area contributed by atoms with Crippen molar-refractivity contribution < 1.29 is 0 Å². The quantitative estimate of drug-likeness (QED) is 0.801. The molecule has 0 bridgehead atoms. The second kappa shape index (κ2) is 6.15. The van der Waals surface area contributed by atoms with Gasteiger partial charge in [-0.2, -0.15) is 0 Å². The van der Waals surface area contributed by atoms with E-state index in [2.05, 4.69) is 18.2 Å². The number of hydrogen-bond acceptors (Lipinski definition) is 1. The van der Waals surface area contributed by atoms with E-state index < -0.39 is 0 Å². The predicted octanol–water partition coefficient (Wildman–Crippen LogP) is 4.06. The molecule has 16 heavy (non-hydrogen) atoms. The van der Waals surface area contributed by atoms with Crippen LogP contribution in [-0.2, 0) is 0 Å². The molecule has 1 N–H and O–H groups in total. The Kier molecular flexibility index (Phi) is 5.15. The van der Waals surface area contributed by atoms with Crippen LogP contribution in [0, 0.1) is 12.3 Å². The maximum absolute atomic E-state index is 5.99. The van der Waals surface area contributed by atoms with Crippen LogP contribution in [0.1, 0.15) is 31.9 Å². The minimum Gasteiger partial charge on any atom is -0.297 e. The monoisotopic (exact) mass is 255 g/mol. The molecule has 0 aliphatic heterocycles. The van der Waals surface area contributed by atoms with Gasteiger partial charge in [-0.15, -0.1) is 6.42 Å². The van der Waals surface area contributed by atoms with Gasteiger partial charge in [0.2, 0.25) is 0 Å². The van der Waals surface area contributed by atoms with Crippen molar-refractivity contribution in [1.82, 2.24) is 5.32 Å². The Morgan fingerprint density at radius 2 is 2.06 bits per heavy atom. The van der Waals surface area contributed by atoms with Crippen LogP contribution in [0.5, 0.6) is 0 Å². The molecule has 0 heterocycles. The van der Waals surface area contributed by atoms with Crippen molar-refractivity contribution in [3.05, 3.63) is 33.8 Å². The molecule has 86 valence electrons. The summed E-state index contributed by atoms with van der Waals surface area (Å²) in [6.07, 6.45) is 6.30. The highest BCUT2D eigenvalue weighted by atomic mass is 35.5. The third-order valence-corrected chi connectivity index (χ3v) is 3.19. The van der Waals surface area contributed by atoms with Crippen LogP contribution in [0.2, 0.25) is 10.0 Å². The molecule has 2 atom stereocenters. The van der Waals surface area contributed by atoms with Gasteiger partial charge in [0.15, 0.2) is 0 Å². The first-order chi connectivity index (χ1) is 7.58. The van der Waals surface area contributed by atoms with E-state index in [1.807, 2.05) is 25.1 Å². The van der Waals surface area contributed by atoms with Gasteiger partial charge < -0.3 is 0 Å². The molecule has 0 aromatic heterocycles. The number of halogens is 2. The molecule has 1 aromatic rings. The van der Waals surface area contributed by atoms with Crippen molar-refractivity contribution in [2.24, 2.45) is 0 Å². The first-order valence-electron chi connectivity index (χ1n) is 5.25. The van der Waals surface area contributed by atoms with Gasteiger partial charge in [0.1, 0.15) is 0 Å². The lowest BCUT2D eigenvalue weighted by molar-refractivity contribution is 0.497. The zero-order valence-corrected chi connectivity index (χ0v) is 10.9. The highest BCUT2D eigenvalue weighted by Gasteiger charge is 2.12. The minimum absolute atomic E-state index is 0.0411. The van der Waals surface area contributed by atoms with Gasteiger partial charge in [0, 0.05) is 6.04 Å². The Labute approximate surface area is 107 Å². The molecule has 0 saturated heterocycles. The van der Waals surface area contributed by atoms with E-state index in [0.29, 0.717) is 10.0 Å². The van der Waals surface area contributed by atoms with Gasteiger partial charge in [-0.05, 0) is 31.0 Å². The standard InChI is InChI=1S/C13H15Cl2N/c1-4-9(3)16-13(5-2)10-6-7-11(14)12(15)8-10/h1,6-9,13,16H,5H2,2-3H3. The number of nitrogens with one attached hydrogen (secondary N) is 1. The Bertz CT molecular complexity index is 395. The van der Waals surface area contributed by atoms with E-state index in [4.69, 9.17) is 29.6 Å². The first kappa shape index (κ1) is 13.4. The third-order valence-electron chi connectivity index (χ3n) is 2.46. The first-order valence-corrected chi connectivity index (χ1v) is 6.01. The van der Waals surface area contributed by atoms with E-state index in [-0.39, 0.29) is 12.1 Å². The lowest BCUT2D eigenvalue weighted by Gasteiger charge is -2.20. The third kappa shape index (κ3) is 3.42. The average Bonchev–Trinajstić information content (AvgIpc) is 2.29. The molecule has 0 amide bonds. The molecule has 1 rings (SSSR count). The van der Waals surface area contributed by atoms with Crippen molar-refractivity contribution in [3.63, 3.8) is 0 Å². The zero-order valence-electron chi connectivity index (χ0n) is 9.43. The number of hydrogen-bond donors (Lipinski definition) is 1. The van der Waals surface area contributed by atoms with Crippen LogP contribution >= 0.6 is 23.2 Å². The normalized spacial score (nSPS) is 14.2. The smallest absolute Gasteiger partial charge is 0.0663 e. The van der Waals surface area contributed by atoms with Crippen LogP contribution in [0.4, 0.5) is 0 Å². The van der Waals surface area contributed by atoms with Crippen LogP contribution in [0.25, 0.3) is 0 Å². The van der Waals surface area contributed by atoms with Gasteiger partial charge in [-0.3, -0.25) is 5.32 Å². The molecule has 1 aromatic carbocycles. The molecule has 0 fully saturated rings. The van der Waals surface area contributed by atoms with Crippen LogP contribution in [0.3, 0.4) is 0 Å². The van der Waals surface area contributed by atoms with Crippen molar-refractivity contribution >= 4 is 23.2 Å². The molecule has 3 heteroatoms. The van der Waals surface area contributed by atoms with E-state index in [1.165, 1.54) is 0 Å². The molecule has 0 radical (unpaired) electrons. The number of terminal acetylenes is 1. The molecule has 1 nitrogen and oxygen atoms in total. The largest absolute Gasteiger partial charge is 0.297 e. The van der Waals surface area contributed by atoms with E-state index in [1.54, 1.807) is 0 Å². The summed E-state index contributed by atoms with van der Waals surface area (Å²) in [5, 5.41) is 4.49. The van der Waals surface area contributed by atoms with Crippen molar-refractivity contribution in [1.29, 1.82) is 0 Å². The highest BCUT2D eigenvalue weighted by molar-refractivity contribution is 6.42. The van der Waals surface area contributed by atoms with E-state index >= 15 is 0 Å². The van der Waals surface area contributed by atoms with E-state index in [0.717, 1.165) is 12.0 Å². The van der Waals surface area contributed by atoms with Gasteiger partial charge >= 0.3 is 0 Å². The maximum Gasteiger partial charge on any atom is 0.0663 e. The minimum atomic E-state index is 0.0411. The van der Waals surface area contributed by atoms with E-state index in [9.17, 15) is 0 Å². The average molecular weight is 256 g/mol. The van der Waals surface area contributed by atoms with Crippen molar-refractivity contribution in [2.45, 2.75) is 32.4 Å². The molecule has 0 spiro atoms. The summed E-state index contributed by atoms with van der Waals surface area (Å²) in [6, 6.07) is 5.91. The lowest BCUT2D eigenvalue weighted by Crippen LogP contribution is -2.28. The highest BCUT2D eigenvalue weighted by Crippen LogP contribution is 2.27. The number of rotatable bonds is 4. The van der Waals surface area contributed by atoms with Gasteiger partial charge in [-0.25, -0.2) is 0 Å². The van der Waals surface area contributed by atoms with Crippen LogP contribution in [-0.4, -0.2) is 6.04 Å². The summed E-state index contributed by atoms with van der Waals surface area (Å²) in [5.74, 6) is 2.66. The maximum atomic E-state index is 5.99. The molecular formula is C13H15Cl2N.